The van der Waals surface area contributed by atoms with Crippen LogP contribution in [0.2, 0.25) is 0 Å². The van der Waals surface area contributed by atoms with Crippen molar-refractivity contribution in [2.24, 2.45) is 0 Å². The van der Waals surface area contributed by atoms with Crippen LogP contribution in [0, 0.1) is 5.82 Å². The summed E-state index contributed by atoms with van der Waals surface area (Å²) in [5.41, 5.74) is 0.384. The van der Waals surface area contributed by atoms with Crippen LogP contribution in [0.15, 0.2) is 18.2 Å². The van der Waals surface area contributed by atoms with Crippen molar-refractivity contribution in [2.45, 2.75) is 31.4 Å². The van der Waals surface area contributed by atoms with Crippen molar-refractivity contribution in [3.05, 3.63) is 29.6 Å². The Morgan fingerprint density at radius 3 is 2.70 bits per heavy atom. The molecule has 3 rings (SSSR count). The first-order valence-electron chi connectivity index (χ1n) is 8.15. The van der Waals surface area contributed by atoms with Crippen molar-refractivity contribution < 1.29 is 19.0 Å². The van der Waals surface area contributed by atoms with Crippen molar-refractivity contribution in [1.82, 2.24) is 9.80 Å². The number of nitrogens with zero attached hydrogens (tertiary/aromatic N) is 2. The molecule has 23 heavy (non-hydrogen) atoms. The highest BCUT2D eigenvalue weighted by atomic mass is 19.1. The van der Waals surface area contributed by atoms with Crippen molar-refractivity contribution in [2.75, 3.05) is 33.3 Å². The number of β-amino-alcohol motifs (C(OH)–C–C–N with tert-alkyl or cyclic N) is 1. The number of methoxy groups -OCH3 is 1. The molecule has 0 aromatic heterocycles. The Balaban J connectivity index is 1.71. The zero-order valence-electron chi connectivity index (χ0n) is 13.4. The van der Waals surface area contributed by atoms with Crippen LogP contribution in [0.1, 0.15) is 29.6 Å². The number of likely N-dealkylation sites (tertiary alicyclic amines) is 2. The van der Waals surface area contributed by atoms with Crippen LogP contribution in [0.5, 0.6) is 5.75 Å². The number of hydrogen-bond donors (Lipinski definition) is 1. The zero-order valence-corrected chi connectivity index (χ0v) is 13.4. The molecule has 2 saturated heterocycles. The van der Waals surface area contributed by atoms with E-state index in [2.05, 4.69) is 4.90 Å². The minimum Gasteiger partial charge on any atom is -0.494 e. The van der Waals surface area contributed by atoms with Crippen LogP contribution in [-0.2, 0) is 0 Å². The van der Waals surface area contributed by atoms with E-state index in [-0.39, 0.29) is 17.7 Å². The summed E-state index contributed by atoms with van der Waals surface area (Å²) in [5, 5.41) is 10.3. The molecule has 1 N–H and O–H groups in total. The second-order valence-corrected chi connectivity index (χ2v) is 6.29. The Morgan fingerprint density at radius 1 is 1.26 bits per heavy atom. The van der Waals surface area contributed by atoms with E-state index in [0.29, 0.717) is 18.7 Å². The molecule has 2 atom stereocenters. The molecule has 0 bridgehead atoms. The van der Waals surface area contributed by atoms with Gasteiger partial charge in [0.1, 0.15) is 0 Å². The van der Waals surface area contributed by atoms with Crippen molar-refractivity contribution >= 4 is 5.91 Å². The largest absolute Gasteiger partial charge is 0.494 e. The number of carbonyl (C=O) groups is 1. The molecular formula is C17H23FN2O3. The van der Waals surface area contributed by atoms with E-state index < -0.39 is 11.9 Å². The molecular weight excluding hydrogens is 299 g/mol. The average Bonchev–Trinajstić information content (AvgIpc) is 2.97. The van der Waals surface area contributed by atoms with Crippen LogP contribution >= 0.6 is 0 Å². The SMILES string of the molecule is COc1cc(C(=O)N2C[C@H](O)[C@@H](N3CCCCC3)C2)ccc1F. The number of hydrogen-bond acceptors (Lipinski definition) is 4. The van der Waals surface area contributed by atoms with E-state index in [1.54, 1.807) is 4.90 Å². The van der Waals surface area contributed by atoms with Gasteiger partial charge in [-0.1, -0.05) is 6.42 Å². The molecule has 2 fully saturated rings. The monoisotopic (exact) mass is 322 g/mol. The van der Waals surface area contributed by atoms with Gasteiger partial charge in [-0.3, -0.25) is 9.69 Å². The Kier molecular flexibility index (Phi) is 4.82. The van der Waals surface area contributed by atoms with Crippen molar-refractivity contribution in [1.29, 1.82) is 0 Å². The van der Waals surface area contributed by atoms with Crippen LogP contribution in [0.3, 0.4) is 0 Å². The van der Waals surface area contributed by atoms with Gasteiger partial charge in [0, 0.05) is 18.7 Å². The molecule has 0 aliphatic carbocycles. The zero-order chi connectivity index (χ0) is 16.4. The predicted octanol–water partition coefficient (Wildman–Crippen LogP) is 1.51. The fraction of sp³-hybridized carbons (Fsp3) is 0.588. The number of amides is 1. The molecule has 1 aromatic carbocycles. The fourth-order valence-electron chi connectivity index (χ4n) is 3.52. The lowest BCUT2D eigenvalue weighted by Gasteiger charge is -2.33. The van der Waals surface area contributed by atoms with Gasteiger partial charge in [-0.15, -0.1) is 0 Å². The van der Waals surface area contributed by atoms with Crippen LogP contribution in [0.25, 0.3) is 0 Å². The van der Waals surface area contributed by atoms with E-state index in [0.717, 1.165) is 25.9 Å². The minimum atomic E-state index is -0.528. The molecule has 0 unspecified atom stereocenters. The first-order valence-corrected chi connectivity index (χ1v) is 8.15. The summed E-state index contributed by atoms with van der Waals surface area (Å²) in [4.78, 5) is 16.6. The second-order valence-electron chi connectivity index (χ2n) is 6.29. The lowest BCUT2D eigenvalue weighted by molar-refractivity contribution is 0.0702. The molecule has 1 amide bonds. The van der Waals surface area contributed by atoms with Gasteiger partial charge in [0.15, 0.2) is 11.6 Å². The predicted molar refractivity (Wildman–Crippen MR) is 84.1 cm³/mol. The van der Waals surface area contributed by atoms with Crippen LogP contribution < -0.4 is 4.74 Å². The molecule has 0 radical (unpaired) electrons. The molecule has 2 aliphatic heterocycles. The third-order valence-electron chi connectivity index (χ3n) is 4.80. The first-order chi connectivity index (χ1) is 11.1. The van der Waals surface area contributed by atoms with Gasteiger partial charge >= 0.3 is 0 Å². The summed E-state index contributed by atoms with van der Waals surface area (Å²) < 4.78 is 18.4. The number of aliphatic hydroxyl groups is 1. The van der Waals surface area contributed by atoms with E-state index in [1.165, 1.54) is 31.7 Å². The fourth-order valence-corrected chi connectivity index (χ4v) is 3.52. The average molecular weight is 322 g/mol. The number of aliphatic hydroxyl groups excluding tert-OH is 1. The highest BCUT2D eigenvalue weighted by Gasteiger charge is 2.38. The Morgan fingerprint density at radius 2 is 2.00 bits per heavy atom. The summed E-state index contributed by atoms with van der Waals surface area (Å²) in [6.45, 7) is 2.79. The topological polar surface area (TPSA) is 53.0 Å². The highest BCUT2D eigenvalue weighted by molar-refractivity contribution is 5.95. The number of carbonyl (C=O) groups excluding carboxylic acids is 1. The van der Waals surface area contributed by atoms with Gasteiger partial charge in [-0.25, -0.2) is 4.39 Å². The quantitative estimate of drug-likeness (QED) is 0.916. The van der Waals surface area contributed by atoms with E-state index >= 15 is 0 Å². The third-order valence-corrected chi connectivity index (χ3v) is 4.80. The Hall–Kier alpha value is -1.66. The molecule has 126 valence electrons. The number of benzene rings is 1. The maximum atomic E-state index is 13.5. The van der Waals surface area contributed by atoms with E-state index in [4.69, 9.17) is 4.74 Å². The van der Waals surface area contributed by atoms with Gasteiger partial charge in [0.25, 0.3) is 5.91 Å². The number of ether oxygens (including phenoxy) is 1. The maximum absolute atomic E-state index is 13.5. The van der Waals surface area contributed by atoms with Gasteiger partial charge in [-0.05, 0) is 44.1 Å². The van der Waals surface area contributed by atoms with E-state index in [1.807, 2.05) is 0 Å². The molecule has 2 aliphatic rings. The lowest BCUT2D eigenvalue weighted by Crippen LogP contribution is -2.46. The normalized spacial score (nSPS) is 25.6. The standard InChI is InChI=1S/C17H23FN2O3/c1-23-16-9-12(5-6-13(16)18)17(22)20-10-14(15(21)11-20)19-7-3-2-4-8-19/h5-6,9,14-15,21H,2-4,7-8,10-11H2,1H3/t14-,15-/m0/s1. The summed E-state index contributed by atoms with van der Waals surface area (Å²) in [5.74, 6) is -0.623. The molecule has 1 aromatic rings. The molecule has 2 heterocycles. The Labute approximate surface area is 135 Å². The molecule has 0 spiro atoms. The van der Waals surface area contributed by atoms with Gasteiger partial charge in [-0.2, -0.15) is 0 Å². The van der Waals surface area contributed by atoms with Gasteiger partial charge in [0.2, 0.25) is 0 Å². The van der Waals surface area contributed by atoms with Crippen molar-refractivity contribution in [3.63, 3.8) is 0 Å². The summed E-state index contributed by atoms with van der Waals surface area (Å²) in [6.07, 6.45) is 3.00. The minimum absolute atomic E-state index is 0.00148. The second kappa shape index (κ2) is 6.84. The van der Waals surface area contributed by atoms with Crippen LogP contribution in [-0.4, -0.2) is 66.2 Å². The smallest absolute Gasteiger partial charge is 0.254 e. The number of rotatable bonds is 3. The number of piperidine rings is 1. The highest BCUT2D eigenvalue weighted by Crippen LogP contribution is 2.24. The molecule has 5 nitrogen and oxygen atoms in total. The number of halogens is 1. The molecule has 0 saturated carbocycles. The summed E-state index contributed by atoms with van der Waals surface area (Å²) in [7, 11) is 1.37. The van der Waals surface area contributed by atoms with Crippen molar-refractivity contribution in [3.8, 4) is 5.75 Å². The first kappa shape index (κ1) is 16.2. The lowest BCUT2D eigenvalue weighted by atomic mass is 10.1. The molecule has 6 heteroatoms. The summed E-state index contributed by atoms with van der Waals surface area (Å²) in [6, 6.07) is 4.11. The van der Waals surface area contributed by atoms with E-state index in [9.17, 15) is 14.3 Å². The third kappa shape index (κ3) is 3.33. The maximum Gasteiger partial charge on any atom is 0.254 e. The van der Waals surface area contributed by atoms with Gasteiger partial charge < -0.3 is 14.7 Å². The van der Waals surface area contributed by atoms with Crippen LogP contribution in [0.4, 0.5) is 4.39 Å². The Bertz CT molecular complexity index is 575. The van der Waals surface area contributed by atoms with Gasteiger partial charge in [0.05, 0.1) is 19.3 Å². The summed E-state index contributed by atoms with van der Waals surface area (Å²) >= 11 is 0.